The Morgan fingerprint density at radius 3 is 2.95 bits per heavy atom. The third kappa shape index (κ3) is 3.14. The van der Waals surface area contributed by atoms with E-state index in [9.17, 15) is 12.8 Å². The van der Waals surface area contributed by atoms with Crippen LogP contribution in [-0.4, -0.2) is 49.6 Å². The van der Waals surface area contributed by atoms with Crippen LogP contribution in [0.3, 0.4) is 0 Å². The number of hydrogen-bond donors (Lipinski definition) is 2. The normalized spacial score (nSPS) is 21.4. The summed E-state index contributed by atoms with van der Waals surface area (Å²) in [6.45, 7) is 1.73. The molecule has 0 amide bonds. The summed E-state index contributed by atoms with van der Waals surface area (Å²) in [5, 5.41) is 11.5. The van der Waals surface area contributed by atoms with Crippen molar-refractivity contribution >= 4 is 15.9 Å². The fourth-order valence-corrected chi connectivity index (χ4v) is 3.74. The van der Waals surface area contributed by atoms with Crippen LogP contribution in [-0.2, 0) is 14.8 Å². The van der Waals surface area contributed by atoms with Gasteiger partial charge in [0.15, 0.2) is 5.84 Å². The number of benzene rings is 1. The molecule has 0 bridgehead atoms. The van der Waals surface area contributed by atoms with Crippen molar-refractivity contribution in [3.05, 3.63) is 29.6 Å². The van der Waals surface area contributed by atoms with Crippen LogP contribution < -0.4 is 5.73 Å². The van der Waals surface area contributed by atoms with Crippen LogP contribution in [0.5, 0.6) is 0 Å². The zero-order chi connectivity index (χ0) is 15.6. The summed E-state index contributed by atoms with van der Waals surface area (Å²) in [4.78, 5) is -0.0948. The van der Waals surface area contributed by atoms with Gasteiger partial charge in [-0.15, -0.1) is 0 Å². The number of hydrogen-bond acceptors (Lipinski definition) is 5. The average molecular weight is 317 g/mol. The molecule has 0 saturated carbocycles. The highest BCUT2D eigenvalue weighted by Crippen LogP contribution is 2.22. The number of morpholine rings is 1. The van der Waals surface area contributed by atoms with Crippen LogP contribution in [0.15, 0.2) is 28.3 Å². The number of nitrogens with two attached hydrogens (primary N) is 1. The lowest BCUT2D eigenvalue weighted by molar-refractivity contribution is 0.0355. The molecule has 3 N–H and O–H groups in total. The van der Waals surface area contributed by atoms with E-state index in [0.29, 0.717) is 5.56 Å². The van der Waals surface area contributed by atoms with Gasteiger partial charge in [0, 0.05) is 13.1 Å². The van der Waals surface area contributed by atoms with Crippen molar-refractivity contribution < 1.29 is 22.8 Å². The molecule has 0 aliphatic carbocycles. The molecule has 2 rings (SSSR count). The van der Waals surface area contributed by atoms with Crippen molar-refractivity contribution in [1.29, 1.82) is 0 Å². The smallest absolute Gasteiger partial charge is 0.243 e. The highest BCUT2D eigenvalue weighted by atomic mass is 32.2. The molecule has 1 aliphatic heterocycles. The molecule has 1 aliphatic rings. The summed E-state index contributed by atoms with van der Waals surface area (Å²) in [6, 6.07) is 3.59. The Morgan fingerprint density at radius 2 is 2.29 bits per heavy atom. The van der Waals surface area contributed by atoms with Gasteiger partial charge in [-0.2, -0.15) is 4.31 Å². The zero-order valence-corrected chi connectivity index (χ0v) is 12.2. The number of aryl methyl sites for hydroxylation is 1. The summed E-state index contributed by atoms with van der Waals surface area (Å²) >= 11 is 0. The predicted molar refractivity (Wildman–Crippen MR) is 73.0 cm³/mol. The molecular formula is C12H16FN3O4S. The molecule has 1 aromatic rings. The van der Waals surface area contributed by atoms with E-state index in [4.69, 9.17) is 15.7 Å². The Hall–Kier alpha value is -1.71. The number of rotatable bonds is 3. The lowest BCUT2D eigenvalue weighted by Gasteiger charge is -2.31. The molecule has 0 aromatic heterocycles. The van der Waals surface area contributed by atoms with Gasteiger partial charge in [0.1, 0.15) is 11.9 Å². The minimum Gasteiger partial charge on any atom is -0.409 e. The minimum atomic E-state index is -3.87. The number of oxime groups is 1. The van der Waals surface area contributed by atoms with Crippen molar-refractivity contribution in [3.63, 3.8) is 0 Å². The number of amidine groups is 1. The standard InChI is InChI=1S/C12H16FN3O4S/c1-8-2-3-9(13)6-11(8)21(18,19)16-4-5-20-10(7-16)12(14)15-17/h2-3,6,10,17H,4-5,7H2,1H3,(H2,14,15). The van der Waals surface area contributed by atoms with Crippen molar-refractivity contribution in [1.82, 2.24) is 4.31 Å². The van der Waals surface area contributed by atoms with E-state index in [0.717, 1.165) is 10.4 Å². The predicted octanol–water partition coefficient (Wildman–Crippen LogP) is 0.270. The largest absolute Gasteiger partial charge is 0.409 e. The second-order valence-corrected chi connectivity index (χ2v) is 6.56. The molecule has 1 heterocycles. The first-order valence-corrected chi connectivity index (χ1v) is 7.65. The van der Waals surface area contributed by atoms with Crippen LogP contribution >= 0.6 is 0 Å². The molecule has 1 saturated heterocycles. The Balaban J connectivity index is 2.33. The fraction of sp³-hybridized carbons (Fsp3) is 0.417. The molecule has 7 nitrogen and oxygen atoms in total. The van der Waals surface area contributed by atoms with Gasteiger partial charge in [-0.25, -0.2) is 12.8 Å². The van der Waals surface area contributed by atoms with E-state index in [-0.39, 0.29) is 30.4 Å². The van der Waals surface area contributed by atoms with Crippen molar-refractivity contribution in [2.24, 2.45) is 10.9 Å². The number of sulfonamides is 1. The van der Waals surface area contributed by atoms with Crippen LogP contribution in [0.25, 0.3) is 0 Å². The molecule has 116 valence electrons. The zero-order valence-electron chi connectivity index (χ0n) is 11.4. The third-order valence-corrected chi connectivity index (χ3v) is 5.25. The van der Waals surface area contributed by atoms with E-state index in [2.05, 4.69) is 5.16 Å². The summed E-state index contributed by atoms with van der Waals surface area (Å²) < 4.78 is 44.9. The molecule has 1 aromatic carbocycles. The van der Waals surface area contributed by atoms with Crippen LogP contribution in [0.1, 0.15) is 5.56 Å². The van der Waals surface area contributed by atoms with E-state index in [1.807, 2.05) is 0 Å². The van der Waals surface area contributed by atoms with Gasteiger partial charge in [0.25, 0.3) is 0 Å². The molecule has 9 heteroatoms. The Morgan fingerprint density at radius 1 is 1.57 bits per heavy atom. The van der Waals surface area contributed by atoms with Gasteiger partial charge < -0.3 is 15.7 Å². The van der Waals surface area contributed by atoms with Crippen LogP contribution in [0, 0.1) is 12.7 Å². The van der Waals surface area contributed by atoms with Crippen molar-refractivity contribution in [2.75, 3.05) is 19.7 Å². The van der Waals surface area contributed by atoms with Crippen LogP contribution in [0.2, 0.25) is 0 Å². The Kier molecular flexibility index (Phi) is 4.45. The Bertz CT molecular complexity index is 662. The lowest BCUT2D eigenvalue weighted by atomic mass is 10.2. The number of nitrogens with zero attached hydrogens (tertiary/aromatic N) is 2. The molecule has 1 atom stereocenters. The van der Waals surface area contributed by atoms with Gasteiger partial charge >= 0.3 is 0 Å². The Labute approximate surface area is 121 Å². The van der Waals surface area contributed by atoms with Gasteiger partial charge in [-0.3, -0.25) is 0 Å². The molecule has 0 radical (unpaired) electrons. The summed E-state index contributed by atoms with van der Waals surface area (Å²) in [5.41, 5.74) is 5.89. The maximum atomic E-state index is 13.3. The third-order valence-electron chi connectivity index (χ3n) is 3.24. The second kappa shape index (κ2) is 5.96. The van der Waals surface area contributed by atoms with Gasteiger partial charge in [-0.1, -0.05) is 11.2 Å². The van der Waals surface area contributed by atoms with Crippen molar-refractivity contribution in [3.8, 4) is 0 Å². The molecular weight excluding hydrogens is 301 g/mol. The van der Waals surface area contributed by atoms with E-state index in [1.165, 1.54) is 12.1 Å². The quantitative estimate of drug-likeness (QED) is 0.360. The van der Waals surface area contributed by atoms with Crippen LogP contribution in [0.4, 0.5) is 4.39 Å². The van der Waals surface area contributed by atoms with Gasteiger partial charge in [-0.05, 0) is 24.6 Å². The number of halogens is 1. The highest BCUT2D eigenvalue weighted by molar-refractivity contribution is 7.89. The second-order valence-electron chi connectivity index (χ2n) is 4.66. The summed E-state index contributed by atoms with van der Waals surface area (Å²) in [5.74, 6) is -0.828. The highest BCUT2D eigenvalue weighted by Gasteiger charge is 2.33. The first-order valence-electron chi connectivity index (χ1n) is 6.21. The van der Waals surface area contributed by atoms with Crippen molar-refractivity contribution in [2.45, 2.75) is 17.9 Å². The fourth-order valence-electron chi connectivity index (χ4n) is 2.08. The van der Waals surface area contributed by atoms with Gasteiger partial charge in [0.2, 0.25) is 10.0 Å². The van der Waals surface area contributed by atoms with E-state index in [1.54, 1.807) is 6.92 Å². The monoisotopic (exact) mass is 317 g/mol. The topological polar surface area (TPSA) is 105 Å². The summed E-state index contributed by atoms with van der Waals surface area (Å²) in [7, 11) is -3.87. The maximum Gasteiger partial charge on any atom is 0.243 e. The summed E-state index contributed by atoms with van der Waals surface area (Å²) in [6.07, 6.45) is -0.826. The van der Waals surface area contributed by atoms with E-state index < -0.39 is 21.9 Å². The maximum absolute atomic E-state index is 13.3. The number of ether oxygens (including phenoxy) is 1. The SMILES string of the molecule is Cc1ccc(F)cc1S(=O)(=O)N1CCOC(C(N)=NO)C1. The molecule has 1 fully saturated rings. The molecule has 0 spiro atoms. The lowest BCUT2D eigenvalue weighted by Crippen LogP contribution is -2.50. The molecule has 21 heavy (non-hydrogen) atoms. The first-order chi connectivity index (χ1) is 9.86. The molecule has 1 unspecified atom stereocenters. The average Bonchev–Trinajstić information content (AvgIpc) is 2.49. The first kappa shape index (κ1) is 15.7. The van der Waals surface area contributed by atoms with E-state index >= 15 is 0 Å². The minimum absolute atomic E-state index is 0.0891. The van der Waals surface area contributed by atoms with Gasteiger partial charge in [0.05, 0.1) is 11.5 Å².